The van der Waals surface area contributed by atoms with Crippen molar-refractivity contribution in [3.05, 3.63) is 35.4 Å². The molecule has 1 aliphatic rings. The lowest BCUT2D eigenvalue weighted by Gasteiger charge is -2.36. The van der Waals surface area contributed by atoms with Crippen molar-refractivity contribution in [2.24, 2.45) is 5.73 Å². The predicted octanol–water partition coefficient (Wildman–Crippen LogP) is 3.15. The highest BCUT2D eigenvalue weighted by Crippen LogP contribution is 2.25. The lowest BCUT2D eigenvalue weighted by atomic mass is 9.93. The second kappa shape index (κ2) is 10.5. The third kappa shape index (κ3) is 6.35. The van der Waals surface area contributed by atoms with Crippen molar-refractivity contribution in [1.82, 2.24) is 10.2 Å². The Labute approximate surface area is 163 Å². The molecule has 2 rings (SSSR count). The Balaban J connectivity index is 1.93. The predicted molar refractivity (Wildman–Crippen MR) is 110 cm³/mol. The fourth-order valence-corrected chi connectivity index (χ4v) is 3.70. The molecular weight excluding hydrogens is 338 g/mol. The first-order valence-electron chi connectivity index (χ1n) is 10.3. The Kier molecular flexibility index (Phi) is 8.29. The van der Waals surface area contributed by atoms with Gasteiger partial charge in [-0.15, -0.1) is 0 Å². The molecule has 1 saturated heterocycles. The number of hydrogen-bond acceptors (Lipinski definition) is 3. The summed E-state index contributed by atoms with van der Waals surface area (Å²) in [4.78, 5) is 26.6. The molecule has 1 aromatic rings. The Morgan fingerprint density at radius 1 is 1.15 bits per heavy atom. The largest absolute Gasteiger partial charge is 0.354 e. The van der Waals surface area contributed by atoms with Gasteiger partial charge in [0.1, 0.15) is 0 Å². The van der Waals surface area contributed by atoms with Crippen LogP contribution in [0.3, 0.4) is 0 Å². The normalized spacial score (nSPS) is 18.4. The van der Waals surface area contributed by atoms with Crippen LogP contribution >= 0.6 is 0 Å². The Hall–Kier alpha value is -1.88. The lowest BCUT2D eigenvalue weighted by Crippen LogP contribution is -2.49. The first kappa shape index (κ1) is 21.4. The molecule has 0 radical (unpaired) electrons. The molecule has 5 heteroatoms. The maximum absolute atomic E-state index is 12.9. The molecule has 150 valence electrons. The van der Waals surface area contributed by atoms with Crippen molar-refractivity contribution < 1.29 is 9.59 Å². The van der Waals surface area contributed by atoms with Crippen LogP contribution in [0.15, 0.2) is 24.3 Å². The highest BCUT2D eigenvalue weighted by molar-refractivity contribution is 5.78. The SMILES string of the molecule is CC(C)c1ccc(C(C)CC(=O)N2CCCCC2CNC(=O)CCN)cc1. The van der Waals surface area contributed by atoms with Crippen molar-refractivity contribution in [1.29, 1.82) is 0 Å². The van der Waals surface area contributed by atoms with Gasteiger partial charge in [-0.05, 0) is 42.2 Å². The number of hydrogen-bond donors (Lipinski definition) is 2. The number of nitrogens with two attached hydrogens (primary N) is 1. The maximum atomic E-state index is 12.9. The van der Waals surface area contributed by atoms with E-state index in [1.807, 2.05) is 4.90 Å². The smallest absolute Gasteiger partial charge is 0.223 e. The molecule has 0 aromatic heterocycles. The highest BCUT2D eigenvalue weighted by atomic mass is 16.2. The van der Waals surface area contributed by atoms with Crippen molar-refractivity contribution >= 4 is 11.8 Å². The fraction of sp³-hybridized carbons (Fsp3) is 0.636. The molecule has 2 amide bonds. The van der Waals surface area contributed by atoms with E-state index in [1.54, 1.807) is 0 Å². The van der Waals surface area contributed by atoms with E-state index in [2.05, 4.69) is 50.4 Å². The second-order valence-corrected chi connectivity index (χ2v) is 8.01. The molecule has 1 fully saturated rings. The molecule has 1 heterocycles. The molecular formula is C22H35N3O2. The van der Waals surface area contributed by atoms with Crippen LogP contribution in [0.1, 0.15) is 75.8 Å². The van der Waals surface area contributed by atoms with E-state index >= 15 is 0 Å². The number of piperidine rings is 1. The van der Waals surface area contributed by atoms with Crippen molar-refractivity contribution in [2.75, 3.05) is 19.6 Å². The summed E-state index contributed by atoms with van der Waals surface area (Å²) < 4.78 is 0. The minimum atomic E-state index is -0.0333. The van der Waals surface area contributed by atoms with Crippen LogP contribution in [0, 0.1) is 0 Å². The Bertz CT molecular complexity index is 612. The van der Waals surface area contributed by atoms with Crippen LogP contribution in [0.25, 0.3) is 0 Å². The van der Waals surface area contributed by atoms with E-state index in [-0.39, 0.29) is 23.8 Å². The minimum Gasteiger partial charge on any atom is -0.354 e. The van der Waals surface area contributed by atoms with E-state index in [0.29, 0.717) is 31.8 Å². The Morgan fingerprint density at radius 2 is 1.81 bits per heavy atom. The van der Waals surface area contributed by atoms with E-state index in [9.17, 15) is 9.59 Å². The molecule has 3 N–H and O–H groups in total. The van der Waals surface area contributed by atoms with E-state index in [0.717, 1.165) is 25.8 Å². The van der Waals surface area contributed by atoms with Crippen molar-refractivity contribution in [2.45, 2.75) is 70.8 Å². The molecule has 5 nitrogen and oxygen atoms in total. The third-order valence-corrected chi connectivity index (χ3v) is 5.51. The topological polar surface area (TPSA) is 75.4 Å². The van der Waals surface area contributed by atoms with Crippen LogP contribution < -0.4 is 11.1 Å². The molecule has 1 aliphatic heterocycles. The zero-order chi connectivity index (χ0) is 19.8. The van der Waals surface area contributed by atoms with Gasteiger partial charge in [-0.2, -0.15) is 0 Å². The summed E-state index contributed by atoms with van der Waals surface area (Å²) in [6.45, 7) is 8.16. The van der Waals surface area contributed by atoms with E-state index in [1.165, 1.54) is 11.1 Å². The molecule has 27 heavy (non-hydrogen) atoms. The number of nitrogens with zero attached hydrogens (tertiary/aromatic N) is 1. The molecule has 0 aliphatic carbocycles. The third-order valence-electron chi connectivity index (χ3n) is 5.51. The summed E-state index contributed by atoms with van der Waals surface area (Å²) in [5.74, 6) is 0.856. The van der Waals surface area contributed by atoms with Crippen LogP contribution in [0.4, 0.5) is 0 Å². The molecule has 0 saturated carbocycles. The van der Waals surface area contributed by atoms with Crippen molar-refractivity contribution in [3.63, 3.8) is 0 Å². The average Bonchev–Trinajstić information content (AvgIpc) is 2.66. The summed E-state index contributed by atoms with van der Waals surface area (Å²) in [6.07, 6.45) is 3.94. The van der Waals surface area contributed by atoms with E-state index < -0.39 is 0 Å². The van der Waals surface area contributed by atoms with Crippen LogP contribution in [0.2, 0.25) is 0 Å². The summed E-state index contributed by atoms with van der Waals surface area (Å²) in [6, 6.07) is 8.72. The number of carbonyl (C=O) groups is 2. The van der Waals surface area contributed by atoms with Crippen LogP contribution in [0.5, 0.6) is 0 Å². The first-order valence-corrected chi connectivity index (χ1v) is 10.3. The van der Waals surface area contributed by atoms with Gasteiger partial charge in [0.2, 0.25) is 11.8 Å². The number of rotatable bonds is 8. The number of carbonyl (C=O) groups excluding carboxylic acids is 2. The quantitative estimate of drug-likeness (QED) is 0.735. The lowest BCUT2D eigenvalue weighted by molar-refractivity contribution is -0.135. The number of benzene rings is 1. The summed E-state index contributed by atoms with van der Waals surface area (Å²) >= 11 is 0. The van der Waals surface area contributed by atoms with Crippen LogP contribution in [-0.4, -0.2) is 42.4 Å². The molecule has 1 aromatic carbocycles. The van der Waals surface area contributed by atoms with Gasteiger partial charge in [-0.25, -0.2) is 0 Å². The van der Waals surface area contributed by atoms with Crippen LogP contribution in [-0.2, 0) is 9.59 Å². The molecule has 2 atom stereocenters. The standard InChI is InChI=1S/C22H35N3O2/c1-16(2)18-7-9-19(10-8-18)17(3)14-22(27)25-13-5-4-6-20(25)15-24-21(26)11-12-23/h7-10,16-17,20H,4-6,11-15,23H2,1-3H3,(H,24,26). The second-order valence-electron chi connectivity index (χ2n) is 8.01. The van der Waals surface area contributed by atoms with Crippen molar-refractivity contribution in [3.8, 4) is 0 Å². The first-order chi connectivity index (χ1) is 12.9. The zero-order valence-corrected chi connectivity index (χ0v) is 17.0. The molecule has 0 bridgehead atoms. The fourth-order valence-electron chi connectivity index (χ4n) is 3.70. The number of nitrogens with one attached hydrogen (secondary N) is 1. The van der Waals surface area contributed by atoms with Gasteiger partial charge in [0.05, 0.1) is 0 Å². The maximum Gasteiger partial charge on any atom is 0.223 e. The summed E-state index contributed by atoms with van der Waals surface area (Å²) in [5.41, 5.74) is 7.95. The van der Waals surface area contributed by atoms with E-state index in [4.69, 9.17) is 5.73 Å². The minimum absolute atomic E-state index is 0.0333. The van der Waals surface area contributed by atoms with Gasteiger partial charge >= 0.3 is 0 Å². The van der Waals surface area contributed by atoms with Gasteiger partial charge in [-0.3, -0.25) is 9.59 Å². The van der Waals surface area contributed by atoms with Gasteiger partial charge < -0.3 is 16.0 Å². The monoisotopic (exact) mass is 373 g/mol. The number of likely N-dealkylation sites (tertiary alicyclic amines) is 1. The van der Waals surface area contributed by atoms with Gasteiger partial charge in [0.15, 0.2) is 0 Å². The molecule has 0 spiro atoms. The summed E-state index contributed by atoms with van der Waals surface area (Å²) in [7, 11) is 0. The zero-order valence-electron chi connectivity index (χ0n) is 17.0. The number of amides is 2. The average molecular weight is 374 g/mol. The van der Waals surface area contributed by atoms with Gasteiger partial charge in [-0.1, -0.05) is 45.0 Å². The molecule has 2 unspecified atom stereocenters. The van der Waals surface area contributed by atoms with Gasteiger partial charge in [0.25, 0.3) is 0 Å². The summed E-state index contributed by atoms with van der Waals surface area (Å²) in [5, 5.41) is 2.93. The van der Waals surface area contributed by atoms with Gasteiger partial charge in [0, 0.05) is 38.5 Å². The Morgan fingerprint density at radius 3 is 2.44 bits per heavy atom. The highest BCUT2D eigenvalue weighted by Gasteiger charge is 2.28.